The predicted molar refractivity (Wildman–Crippen MR) is 83.8 cm³/mol. The van der Waals surface area contributed by atoms with E-state index in [9.17, 15) is 19.2 Å². The number of hydrogen-bond acceptors (Lipinski definition) is 6. The van der Waals surface area contributed by atoms with E-state index in [0.717, 1.165) is 4.90 Å². The second-order valence-electron chi connectivity index (χ2n) is 4.91. The summed E-state index contributed by atoms with van der Waals surface area (Å²) in [5, 5.41) is 5.17. The first-order valence-corrected chi connectivity index (χ1v) is 7.78. The third-order valence-corrected chi connectivity index (χ3v) is 3.10. The van der Waals surface area contributed by atoms with E-state index in [0.29, 0.717) is 52.3 Å². The van der Waals surface area contributed by atoms with Gasteiger partial charge < -0.3 is 20.1 Å². The maximum Gasteiger partial charge on any atom is 0.253 e. The zero-order chi connectivity index (χ0) is 17.6. The lowest BCUT2D eigenvalue weighted by molar-refractivity contribution is -0.137. The Labute approximate surface area is 140 Å². The van der Waals surface area contributed by atoms with Gasteiger partial charge in [0.15, 0.2) is 0 Å². The van der Waals surface area contributed by atoms with Crippen molar-refractivity contribution in [2.45, 2.75) is 12.8 Å². The lowest BCUT2D eigenvalue weighted by Crippen LogP contribution is -2.32. The summed E-state index contributed by atoms with van der Waals surface area (Å²) in [6.45, 7) is 2.71. The van der Waals surface area contributed by atoms with E-state index in [2.05, 4.69) is 10.6 Å². The molecule has 0 aromatic rings. The minimum Gasteiger partial charge on any atom is -0.377 e. The van der Waals surface area contributed by atoms with E-state index in [1.54, 1.807) is 0 Å². The van der Waals surface area contributed by atoms with Crippen molar-refractivity contribution >= 4 is 24.1 Å². The van der Waals surface area contributed by atoms with Gasteiger partial charge >= 0.3 is 0 Å². The van der Waals surface area contributed by atoms with Crippen LogP contribution in [0.15, 0.2) is 12.2 Å². The van der Waals surface area contributed by atoms with Gasteiger partial charge in [-0.15, -0.1) is 0 Å². The second-order valence-corrected chi connectivity index (χ2v) is 4.91. The Morgan fingerprint density at radius 3 is 2.29 bits per heavy atom. The Morgan fingerprint density at radius 2 is 1.67 bits per heavy atom. The van der Waals surface area contributed by atoms with E-state index >= 15 is 0 Å². The van der Waals surface area contributed by atoms with Crippen molar-refractivity contribution in [3.63, 3.8) is 0 Å². The number of ether oxygens (including phenoxy) is 2. The molecular formula is C15H23N3O6. The first-order chi connectivity index (χ1) is 11.6. The molecule has 0 atom stereocenters. The minimum absolute atomic E-state index is 0.151. The molecule has 4 amide bonds. The van der Waals surface area contributed by atoms with Crippen LogP contribution in [0.25, 0.3) is 0 Å². The molecule has 0 radical (unpaired) electrons. The van der Waals surface area contributed by atoms with Gasteiger partial charge in [-0.3, -0.25) is 24.1 Å². The number of carbonyl (C=O) groups is 4. The molecule has 0 bridgehead atoms. The van der Waals surface area contributed by atoms with Gasteiger partial charge in [0.05, 0.1) is 26.4 Å². The van der Waals surface area contributed by atoms with E-state index in [4.69, 9.17) is 9.47 Å². The molecule has 0 unspecified atom stereocenters. The normalized spacial score (nSPS) is 13.4. The topological polar surface area (TPSA) is 114 Å². The molecular weight excluding hydrogens is 318 g/mol. The number of nitrogens with one attached hydrogen (secondary N) is 2. The third kappa shape index (κ3) is 8.39. The van der Waals surface area contributed by atoms with Crippen molar-refractivity contribution < 1.29 is 28.7 Å². The molecule has 0 saturated carbocycles. The SMILES string of the molecule is O=CNCCOCCOCCNC(=O)CCCN1C(=O)C=CC1=O. The summed E-state index contributed by atoms with van der Waals surface area (Å²) >= 11 is 0. The fraction of sp³-hybridized carbons (Fsp3) is 0.600. The third-order valence-electron chi connectivity index (χ3n) is 3.10. The highest BCUT2D eigenvalue weighted by molar-refractivity contribution is 6.12. The maximum absolute atomic E-state index is 11.6. The summed E-state index contributed by atoms with van der Waals surface area (Å²) in [6, 6.07) is 0. The zero-order valence-corrected chi connectivity index (χ0v) is 13.5. The van der Waals surface area contributed by atoms with Crippen LogP contribution in [0, 0.1) is 0 Å². The number of carbonyl (C=O) groups excluding carboxylic acids is 4. The summed E-state index contributed by atoms with van der Waals surface area (Å²) in [4.78, 5) is 45.3. The van der Waals surface area contributed by atoms with Crippen LogP contribution in [0.2, 0.25) is 0 Å². The summed E-state index contributed by atoms with van der Waals surface area (Å²) in [5.74, 6) is -0.822. The van der Waals surface area contributed by atoms with Crippen LogP contribution in [0.4, 0.5) is 0 Å². The van der Waals surface area contributed by atoms with Crippen molar-refractivity contribution in [2.75, 3.05) is 46.1 Å². The monoisotopic (exact) mass is 341 g/mol. The molecule has 9 nitrogen and oxygen atoms in total. The van der Waals surface area contributed by atoms with Crippen LogP contribution in [0.3, 0.4) is 0 Å². The van der Waals surface area contributed by atoms with E-state index in [1.807, 2.05) is 0 Å². The zero-order valence-electron chi connectivity index (χ0n) is 13.5. The number of hydrogen-bond donors (Lipinski definition) is 2. The van der Waals surface area contributed by atoms with Crippen LogP contribution in [-0.4, -0.2) is 75.1 Å². The fourth-order valence-electron chi connectivity index (χ4n) is 1.91. The standard InChI is InChI=1S/C15H23N3O6/c19-12-16-5-8-23-10-11-24-9-6-17-13(20)2-1-7-18-14(21)3-4-15(18)22/h3-4,12H,1-2,5-11H2,(H,16,19)(H,17,20). The highest BCUT2D eigenvalue weighted by Gasteiger charge is 2.22. The Hall–Kier alpha value is -2.26. The largest absolute Gasteiger partial charge is 0.377 e. The van der Waals surface area contributed by atoms with Gasteiger partial charge in [-0.05, 0) is 6.42 Å². The van der Waals surface area contributed by atoms with Crippen LogP contribution in [0.1, 0.15) is 12.8 Å². The van der Waals surface area contributed by atoms with Crippen molar-refractivity contribution in [1.29, 1.82) is 0 Å². The average Bonchev–Trinajstić information content (AvgIpc) is 2.88. The molecule has 1 aliphatic rings. The second kappa shape index (κ2) is 12.2. The van der Waals surface area contributed by atoms with E-state index in [-0.39, 0.29) is 30.7 Å². The molecule has 1 heterocycles. The van der Waals surface area contributed by atoms with Crippen molar-refractivity contribution in [1.82, 2.24) is 15.5 Å². The van der Waals surface area contributed by atoms with Gasteiger partial charge in [-0.25, -0.2) is 0 Å². The van der Waals surface area contributed by atoms with E-state index in [1.165, 1.54) is 12.2 Å². The average molecular weight is 341 g/mol. The van der Waals surface area contributed by atoms with E-state index < -0.39 is 0 Å². The van der Waals surface area contributed by atoms with Gasteiger partial charge in [0.1, 0.15) is 0 Å². The Bertz CT molecular complexity index is 448. The lowest BCUT2D eigenvalue weighted by atomic mass is 10.3. The maximum atomic E-state index is 11.6. The molecule has 0 spiro atoms. The molecule has 9 heteroatoms. The smallest absolute Gasteiger partial charge is 0.253 e. The molecule has 24 heavy (non-hydrogen) atoms. The summed E-state index contributed by atoms with van der Waals surface area (Å²) < 4.78 is 10.5. The first kappa shape index (κ1) is 19.8. The Balaban J connectivity index is 1.89. The highest BCUT2D eigenvalue weighted by atomic mass is 16.5. The Kier molecular flexibility index (Phi) is 10.1. The first-order valence-electron chi connectivity index (χ1n) is 7.78. The van der Waals surface area contributed by atoms with Gasteiger partial charge in [0, 0.05) is 38.2 Å². The molecule has 1 rings (SSSR count). The fourth-order valence-corrected chi connectivity index (χ4v) is 1.91. The van der Waals surface area contributed by atoms with Crippen molar-refractivity contribution in [3.8, 4) is 0 Å². The van der Waals surface area contributed by atoms with Crippen LogP contribution in [0.5, 0.6) is 0 Å². The lowest BCUT2D eigenvalue weighted by Gasteiger charge is -2.13. The number of imide groups is 1. The summed E-state index contributed by atoms with van der Waals surface area (Å²) in [7, 11) is 0. The Morgan fingerprint density at radius 1 is 1.04 bits per heavy atom. The quantitative estimate of drug-likeness (QED) is 0.228. The van der Waals surface area contributed by atoms with Crippen molar-refractivity contribution in [3.05, 3.63) is 12.2 Å². The van der Waals surface area contributed by atoms with Gasteiger partial charge in [0.2, 0.25) is 12.3 Å². The molecule has 0 fully saturated rings. The van der Waals surface area contributed by atoms with Crippen LogP contribution >= 0.6 is 0 Å². The molecule has 0 aliphatic carbocycles. The van der Waals surface area contributed by atoms with Gasteiger partial charge in [-0.1, -0.05) is 0 Å². The molecule has 1 aliphatic heterocycles. The molecule has 0 saturated heterocycles. The van der Waals surface area contributed by atoms with Crippen molar-refractivity contribution in [2.24, 2.45) is 0 Å². The van der Waals surface area contributed by atoms with Crippen LogP contribution in [-0.2, 0) is 28.7 Å². The summed E-state index contributed by atoms with van der Waals surface area (Å²) in [5.41, 5.74) is 0. The minimum atomic E-state index is -0.335. The number of amides is 4. The number of nitrogens with zero attached hydrogens (tertiary/aromatic N) is 1. The van der Waals surface area contributed by atoms with Crippen LogP contribution < -0.4 is 10.6 Å². The molecule has 2 N–H and O–H groups in total. The molecule has 0 aromatic carbocycles. The summed E-state index contributed by atoms with van der Waals surface area (Å²) in [6.07, 6.45) is 3.73. The van der Waals surface area contributed by atoms with Gasteiger partial charge in [0.25, 0.3) is 11.8 Å². The highest BCUT2D eigenvalue weighted by Crippen LogP contribution is 2.05. The molecule has 0 aromatic heterocycles. The van der Waals surface area contributed by atoms with Gasteiger partial charge in [-0.2, -0.15) is 0 Å². The predicted octanol–water partition coefficient (Wildman–Crippen LogP) is -1.41. The number of rotatable bonds is 14. The molecule has 134 valence electrons.